The lowest BCUT2D eigenvalue weighted by atomic mass is 9.86. The van der Waals surface area contributed by atoms with Crippen molar-refractivity contribution in [1.82, 2.24) is 10.2 Å². The summed E-state index contributed by atoms with van der Waals surface area (Å²) in [6.45, 7) is 10.8. The molecular formula is C10H20N2. The van der Waals surface area contributed by atoms with Crippen molar-refractivity contribution in [3.05, 3.63) is 0 Å². The van der Waals surface area contributed by atoms with E-state index in [1.165, 1.54) is 26.1 Å². The third-order valence-electron chi connectivity index (χ3n) is 3.64. The van der Waals surface area contributed by atoms with Gasteiger partial charge in [-0.2, -0.15) is 0 Å². The summed E-state index contributed by atoms with van der Waals surface area (Å²) >= 11 is 0. The maximum atomic E-state index is 3.60. The van der Waals surface area contributed by atoms with E-state index in [1.54, 1.807) is 0 Å². The fourth-order valence-corrected chi connectivity index (χ4v) is 2.58. The third kappa shape index (κ3) is 1.17. The minimum Gasteiger partial charge on any atom is -0.312 e. The molecule has 2 heterocycles. The Labute approximate surface area is 75.3 Å². The molecule has 0 unspecified atom stereocenters. The van der Waals surface area contributed by atoms with Gasteiger partial charge in [0, 0.05) is 25.2 Å². The maximum Gasteiger partial charge on any atom is 0.0261 e. The summed E-state index contributed by atoms with van der Waals surface area (Å²) < 4.78 is 0. The van der Waals surface area contributed by atoms with Crippen molar-refractivity contribution in [3.63, 3.8) is 0 Å². The molecule has 0 aliphatic carbocycles. The summed E-state index contributed by atoms with van der Waals surface area (Å²) in [4.78, 5) is 2.59. The Balaban J connectivity index is 2.06. The average Bonchev–Trinajstić information content (AvgIpc) is 2.41. The molecule has 0 spiro atoms. The fourth-order valence-electron chi connectivity index (χ4n) is 2.58. The van der Waals surface area contributed by atoms with Crippen LogP contribution in [0.4, 0.5) is 0 Å². The largest absolute Gasteiger partial charge is 0.312 e. The van der Waals surface area contributed by atoms with Crippen LogP contribution in [-0.2, 0) is 0 Å². The van der Waals surface area contributed by atoms with Crippen LogP contribution in [0.1, 0.15) is 27.2 Å². The second-order valence-electron chi connectivity index (χ2n) is 4.93. The van der Waals surface area contributed by atoms with Gasteiger partial charge in [0.25, 0.3) is 0 Å². The van der Waals surface area contributed by atoms with Gasteiger partial charge in [-0.05, 0) is 32.2 Å². The molecule has 0 amide bonds. The molecule has 2 aliphatic heterocycles. The van der Waals surface area contributed by atoms with E-state index in [1.807, 2.05) is 0 Å². The molecule has 1 N–H and O–H groups in total. The van der Waals surface area contributed by atoms with E-state index in [0.717, 1.165) is 6.04 Å². The SMILES string of the molecule is CC(C)N1C[C@@H]2NCC[C@]2(C)C1. The first-order valence-corrected chi connectivity index (χ1v) is 5.09. The second kappa shape index (κ2) is 2.71. The molecular weight excluding hydrogens is 148 g/mol. The van der Waals surface area contributed by atoms with E-state index in [9.17, 15) is 0 Å². The molecule has 2 fully saturated rings. The number of fused-ring (bicyclic) bond motifs is 1. The van der Waals surface area contributed by atoms with Gasteiger partial charge in [-0.25, -0.2) is 0 Å². The highest BCUT2D eigenvalue weighted by atomic mass is 15.2. The van der Waals surface area contributed by atoms with E-state index < -0.39 is 0 Å². The Hall–Kier alpha value is -0.0800. The molecule has 2 rings (SSSR count). The Morgan fingerprint density at radius 3 is 2.83 bits per heavy atom. The highest BCUT2D eigenvalue weighted by molar-refractivity contribution is 5.03. The van der Waals surface area contributed by atoms with Gasteiger partial charge in [-0.1, -0.05) is 6.92 Å². The van der Waals surface area contributed by atoms with Crippen LogP contribution in [0, 0.1) is 5.41 Å². The van der Waals surface area contributed by atoms with Crippen molar-refractivity contribution in [1.29, 1.82) is 0 Å². The molecule has 0 aromatic rings. The minimum atomic E-state index is 0.574. The van der Waals surface area contributed by atoms with E-state index in [4.69, 9.17) is 0 Å². The van der Waals surface area contributed by atoms with Crippen LogP contribution in [0.15, 0.2) is 0 Å². The first-order valence-electron chi connectivity index (χ1n) is 5.09. The normalized spacial score (nSPS) is 42.5. The smallest absolute Gasteiger partial charge is 0.0261 e. The quantitative estimate of drug-likeness (QED) is 0.630. The molecule has 2 atom stereocenters. The number of hydrogen-bond donors (Lipinski definition) is 1. The molecule has 0 bridgehead atoms. The van der Waals surface area contributed by atoms with Gasteiger partial charge in [0.2, 0.25) is 0 Å². The number of likely N-dealkylation sites (tertiary alicyclic amines) is 1. The number of hydrogen-bond acceptors (Lipinski definition) is 2. The molecule has 0 saturated carbocycles. The Morgan fingerprint density at radius 2 is 2.25 bits per heavy atom. The van der Waals surface area contributed by atoms with Crippen molar-refractivity contribution < 1.29 is 0 Å². The summed E-state index contributed by atoms with van der Waals surface area (Å²) in [6, 6.07) is 1.48. The van der Waals surface area contributed by atoms with Gasteiger partial charge in [-0.15, -0.1) is 0 Å². The molecule has 2 aliphatic rings. The molecule has 2 nitrogen and oxygen atoms in total. The van der Waals surface area contributed by atoms with Crippen molar-refractivity contribution >= 4 is 0 Å². The minimum absolute atomic E-state index is 0.574. The first-order chi connectivity index (χ1) is 5.62. The number of nitrogens with zero attached hydrogens (tertiary/aromatic N) is 1. The highest BCUT2D eigenvalue weighted by Crippen LogP contribution is 2.37. The van der Waals surface area contributed by atoms with Gasteiger partial charge in [-0.3, -0.25) is 4.90 Å². The summed E-state index contributed by atoms with van der Waals surface area (Å²) in [6.07, 6.45) is 1.36. The first kappa shape index (κ1) is 8.52. The molecule has 0 aromatic heterocycles. The topological polar surface area (TPSA) is 15.3 Å². The van der Waals surface area contributed by atoms with Crippen molar-refractivity contribution in [2.75, 3.05) is 19.6 Å². The van der Waals surface area contributed by atoms with Crippen molar-refractivity contribution in [2.24, 2.45) is 5.41 Å². The zero-order valence-corrected chi connectivity index (χ0v) is 8.43. The monoisotopic (exact) mass is 168 g/mol. The Kier molecular flexibility index (Phi) is 1.92. The molecule has 2 heteroatoms. The van der Waals surface area contributed by atoms with E-state index in [0.29, 0.717) is 11.5 Å². The van der Waals surface area contributed by atoms with Crippen LogP contribution in [0.3, 0.4) is 0 Å². The lowest BCUT2D eigenvalue weighted by Crippen LogP contribution is -2.34. The zero-order chi connectivity index (χ0) is 8.77. The highest BCUT2D eigenvalue weighted by Gasteiger charge is 2.46. The van der Waals surface area contributed by atoms with Crippen LogP contribution in [0.5, 0.6) is 0 Å². The lowest BCUT2D eigenvalue weighted by Gasteiger charge is -2.24. The summed E-state index contributed by atoms with van der Waals surface area (Å²) in [5, 5.41) is 3.60. The maximum absolute atomic E-state index is 3.60. The van der Waals surface area contributed by atoms with Crippen LogP contribution in [0.25, 0.3) is 0 Å². The van der Waals surface area contributed by atoms with Gasteiger partial charge in [0.05, 0.1) is 0 Å². The van der Waals surface area contributed by atoms with E-state index in [-0.39, 0.29) is 0 Å². The van der Waals surface area contributed by atoms with Crippen molar-refractivity contribution in [3.8, 4) is 0 Å². The fraction of sp³-hybridized carbons (Fsp3) is 1.00. The van der Waals surface area contributed by atoms with E-state index >= 15 is 0 Å². The number of rotatable bonds is 1. The Morgan fingerprint density at radius 1 is 1.50 bits per heavy atom. The summed E-state index contributed by atoms with van der Waals surface area (Å²) in [7, 11) is 0. The standard InChI is InChI=1S/C10H20N2/c1-8(2)12-6-9-10(3,7-12)4-5-11-9/h8-9,11H,4-7H2,1-3H3/t9-,10+/m0/s1. The van der Waals surface area contributed by atoms with Gasteiger partial charge < -0.3 is 5.32 Å². The lowest BCUT2D eigenvalue weighted by molar-refractivity contribution is 0.232. The predicted molar refractivity (Wildman–Crippen MR) is 51.2 cm³/mol. The van der Waals surface area contributed by atoms with Gasteiger partial charge >= 0.3 is 0 Å². The summed E-state index contributed by atoms with van der Waals surface area (Å²) in [5.41, 5.74) is 0.574. The number of nitrogens with one attached hydrogen (secondary N) is 1. The zero-order valence-electron chi connectivity index (χ0n) is 8.43. The summed E-state index contributed by atoms with van der Waals surface area (Å²) in [5.74, 6) is 0. The van der Waals surface area contributed by atoms with Crippen LogP contribution in [-0.4, -0.2) is 36.6 Å². The molecule has 12 heavy (non-hydrogen) atoms. The third-order valence-corrected chi connectivity index (χ3v) is 3.64. The molecule has 0 radical (unpaired) electrons. The molecule has 70 valence electrons. The van der Waals surface area contributed by atoms with Gasteiger partial charge in [0.15, 0.2) is 0 Å². The second-order valence-corrected chi connectivity index (χ2v) is 4.93. The molecule has 0 aromatic carbocycles. The average molecular weight is 168 g/mol. The molecule has 2 saturated heterocycles. The van der Waals surface area contributed by atoms with Crippen molar-refractivity contribution in [2.45, 2.75) is 39.3 Å². The van der Waals surface area contributed by atoms with E-state index in [2.05, 4.69) is 31.0 Å². The van der Waals surface area contributed by atoms with Crippen LogP contribution >= 0.6 is 0 Å². The van der Waals surface area contributed by atoms with Crippen LogP contribution in [0.2, 0.25) is 0 Å². The van der Waals surface area contributed by atoms with Gasteiger partial charge in [0.1, 0.15) is 0 Å². The Bertz CT molecular complexity index is 179. The van der Waals surface area contributed by atoms with Crippen LogP contribution < -0.4 is 5.32 Å². The predicted octanol–water partition coefficient (Wildman–Crippen LogP) is 1.08.